The van der Waals surface area contributed by atoms with Crippen molar-refractivity contribution in [3.63, 3.8) is 0 Å². The molecule has 0 radical (unpaired) electrons. The maximum absolute atomic E-state index is 10.1. The number of hydrogen-bond acceptors (Lipinski definition) is 5. The predicted molar refractivity (Wildman–Crippen MR) is 112 cm³/mol. The summed E-state index contributed by atoms with van der Waals surface area (Å²) in [6.45, 7) is 5.72. The van der Waals surface area contributed by atoms with Crippen molar-refractivity contribution in [2.24, 2.45) is 0 Å². The molecule has 2 aromatic rings. The van der Waals surface area contributed by atoms with Crippen LogP contribution in [0, 0.1) is 0 Å². The molecule has 28 heavy (non-hydrogen) atoms. The van der Waals surface area contributed by atoms with E-state index in [9.17, 15) is 5.11 Å². The highest BCUT2D eigenvalue weighted by Gasteiger charge is 2.34. The maximum Gasteiger partial charge on any atom is 0.171 e. The number of benzene rings is 1. The number of aromatic nitrogens is 1. The molecule has 0 amide bonds. The Balaban J connectivity index is 1.42. The summed E-state index contributed by atoms with van der Waals surface area (Å²) in [6.07, 6.45) is 5.12. The Morgan fingerprint density at radius 3 is 2.64 bits per heavy atom. The number of anilines is 1. The van der Waals surface area contributed by atoms with Crippen molar-refractivity contribution in [2.75, 3.05) is 31.1 Å². The van der Waals surface area contributed by atoms with E-state index in [1.54, 1.807) is 18.3 Å². The molecule has 0 aliphatic carbocycles. The van der Waals surface area contributed by atoms with Crippen molar-refractivity contribution >= 4 is 17.4 Å². The van der Waals surface area contributed by atoms with Gasteiger partial charge in [-0.1, -0.05) is 23.7 Å². The number of aromatic hydroxyl groups is 1. The number of ether oxygens (including phenoxy) is 1. The maximum atomic E-state index is 10.1. The average Bonchev–Trinajstić information content (AvgIpc) is 2.71. The van der Waals surface area contributed by atoms with Crippen LogP contribution >= 0.6 is 11.6 Å². The van der Waals surface area contributed by atoms with Gasteiger partial charge in [0, 0.05) is 42.9 Å². The molecule has 2 atom stereocenters. The minimum atomic E-state index is 0.263. The average molecular weight is 402 g/mol. The summed E-state index contributed by atoms with van der Waals surface area (Å²) in [5.74, 6) is 0.968. The molecule has 5 nitrogen and oxygen atoms in total. The van der Waals surface area contributed by atoms with Gasteiger partial charge in [0.15, 0.2) is 11.6 Å². The van der Waals surface area contributed by atoms with E-state index in [1.807, 2.05) is 12.1 Å². The normalized spacial score (nSPS) is 24.4. The van der Waals surface area contributed by atoms with Gasteiger partial charge in [-0.05, 0) is 56.0 Å². The minimum Gasteiger partial charge on any atom is -0.504 e. The first-order valence-corrected chi connectivity index (χ1v) is 10.5. The van der Waals surface area contributed by atoms with Gasteiger partial charge >= 0.3 is 0 Å². The summed E-state index contributed by atoms with van der Waals surface area (Å²) < 4.78 is 5.99. The fraction of sp³-hybridized carbons (Fsp3) is 0.500. The first-order chi connectivity index (χ1) is 13.6. The summed E-state index contributed by atoms with van der Waals surface area (Å²) >= 11 is 6.04. The zero-order valence-electron chi connectivity index (χ0n) is 16.3. The third-order valence-corrected chi connectivity index (χ3v) is 6.15. The highest BCUT2D eigenvalue weighted by Crippen LogP contribution is 2.30. The predicted octanol–water partition coefficient (Wildman–Crippen LogP) is 3.74. The number of piperidine rings is 1. The highest BCUT2D eigenvalue weighted by molar-refractivity contribution is 6.30. The standard InChI is InChI=1S/C22H28ClN3O2/c1-16-14-26(20(15-28-16)13-17-4-6-18(23)7-5-17)19-8-11-25(12-9-19)22-21(27)3-2-10-24-22/h2-7,10,16,19-20,27H,8-9,11-15H2,1H3/t16-,20-/m0/s1. The number of pyridine rings is 1. The van der Waals surface area contributed by atoms with Crippen LogP contribution in [0.2, 0.25) is 5.02 Å². The van der Waals surface area contributed by atoms with Gasteiger partial charge in [-0.2, -0.15) is 0 Å². The molecule has 0 saturated carbocycles. The fourth-order valence-corrected chi connectivity index (χ4v) is 4.55. The lowest BCUT2D eigenvalue weighted by Crippen LogP contribution is -2.56. The molecule has 0 spiro atoms. The van der Waals surface area contributed by atoms with E-state index in [4.69, 9.17) is 16.3 Å². The van der Waals surface area contributed by atoms with Crippen molar-refractivity contribution in [3.05, 3.63) is 53.2 Å². The molecule has 1 N–H and O–H groups in total. The van der Waals surface area contributed by atoms with Gasteiger partial charge in [0.1, 0.15) is 0 Å². The minimum absolute atomic E-state index is 0.263. The molecule has 2 saturated heterocycles. The molecule has 2 aliphatic rings. The molecular weight excluding hydrogens is 374 g/mol. The molecule has 2 fully saturated rings. The second-order valence-electron chi connectivity index (χ2n) is 7.89. The van der Waals surface area contributed by atoms with E-state index in [2.05, 4.69) is 33.8 Å². The molecule has 3 heterocycles. The summed E-state index contributed by atoms with van der Waals surface area (Å²) in [5, 5.41) is 10.9. The van der Waals surface area contributed by atoms with Crippen LogP contribution in [0.25, 0.3) is 0 Å². The first-order valence-electron chi connectivity index (χ1n) is 10.1. The highest BCUT2D eigenvalue weighted by atomic mass is 35.5. The van der Waals surface area contributed by atoms with Gasteiger partial charge in [0.25, 0.3) is 0 Å². The summed E-state index contributed by atoms with van der Waals surface area (Å²) in [7, 11) is 0. The first kappa shape index (κ1) is 19.5. The van der Waals surface area contributed by atoms with Crippen molar-refractivity contribution in [1.82, 2.24) is 9.88 Å². The van der Waals surface area contributed by atoms with Gasteiger partial charge in [0.05, 0.1) is 12.7 Å². The lowest BCUT2D eigenvalue weighted by Gasteiger charge is -2.46. The second-order valence-corrected chi connectivity index (χ2v) is 8.33. The third kappa shape index (κ3) is 4.43. The van der Waals surface area contributed by atoms with E-state index >= 15 is 0 Å². The van der Waals surface area contributed by atoms with Crippen LogP contribution in [0.5, 0.6) is 5.75 Å². The van der Waals surface area contributed by atoms with Crippen LogP contribution in [0.3, 0.4) is 0 Å². The van der Waals surface area contributed by atoms with Gasteiger partial charge in [0.2, 0.25) is 0 Å². The number of nitrogens with zero attached hydrogens (tertiary/aromatic N) is 3. The molecule has 0 bridgehead atoms. The lowest BCUT2D eigenvalue weighted by molar-refractivity contribution is -0.0745. The molecular formula is C22H28ClN3O2. The summed E-state index contributed by atoms with van der Waals surface area (Å²) in [6, 6.07) is 12.6. The largest absolute Gasteiger partial charge is 0.504 e. The molecule has 150 valence electrons. The smallest absolute Gasteiger partial charge is 0.171 e. The van der Waals surface area contributed by atoms with Crippen molar-refractivity contribution < 1.29 is 9.84 Å². The SMILES string of the molecule is C[C@H]1CN(C2CCN(c3ncccc3O)CC2)[C@@H](Cc2ccc(Cl)cc2)CO1. The monoisotopic (exact) mass is 401 g/mol. The van der Waals surface area contributed by atoms with E-state index in [0.717, 1.165) is 50.5 Å². The lowest BCUT2D eigenvalue weighted by atomic mass is 9.96. The van der Waals surface area contributed by atoms with Gasteiger partial charge in [-0.3, -0.25) is 4.90 Å². The van der Waals surface area contributed by atoms with Gasteiger partial charge < -0.3 is 14.7 Å². The summed E-state index contributed by atoms with van der Waals surface area (Å²) in [4.78, 5) is 9.21. The van der Waals surface area contributed by atoms with Crippen molar-refractivity contribution in [3.8, 4) is 5.75 Å². The Bertz CT molecular complexity index is 778. The van der Waals surface area contributed by atoms with Crippen LogP contribution in [-0.2, 0) is 11.2 Å². The Morgan fingerprint density at radius 2 is 1.93 bits per heavy atom. The third-order valence-electron chi connectivity index (χ3n) is 5.89. The van der Waals surface area contributed by atoms with Crippen LogP contribution in [0.4, 0.5) is 5.82 Å². The van der Waals surface area contributed by atoms with Crippen LogP contribution in [0.15, 0.2) is 42.6 Å². The van der Waals surface area contributed by atoms with E-state index < -0.39 is 0 Å². The summed E-state index contributed by atoms with van der Waals surface area (Å²) in [5.41, 5.74) is 1.30. The van der Waals surface area contributed by atoms with Crippen LogP contribution in [0.1, 0.15) is 25.3 Å². The quantitative estimate of drug-likeness (QED) is 0.845. The van der Waals surface area contributed by atoms with E-state index in [1.165, 1.54) is 5.56 Å². The second kappa shape index (κ2) is 8.68. The Kier molecular flexibility index (Phi) is 6.04. The van der Waals surface area contributed by atoms with Crippen LogP contribution in [-0.4, -0.2) is 59.4 Å². The fourth-order valence-electron chi connectivity index (χ4n) is 4.43. The number of hydrogen-bond donors (Lipinski definition) is 1. The van der Waals surface area contributed by atoms with Crippen molar-refractivity contribution in [1.29, 1.82) is 0 Å². The Hall–Kier alpha value is -1.82. The van der Waals surface area contributed by atoms with Gasteiger partial charge in [-0.15, -0.1) is 0 Å². The van der Waals surface area contributed by atoms with Crippen molar-refractivity contribution in [2.45, 2.75) is 44.4 Å². The molecule has 2 aliphatic heterocycles. The number of rotatable bonds is 4. The number of halogens is 1. The Labute approximate surface area is 171 Å². The molecule has 4 rings (SSSR count). The van der Waals surface area contributed by atoms with E-state index in [-0.39, 0.29) is 11.9 Å². The van der Waals surface area contributed by atoms with E-state index in [0.29, 0.717) is 17.9 Å². The zero-order valence-corrected chi connectivity index (χ0v) is 17.1. The molecule has 6 heteroatoms. The molecule has 1 aromatic heterocycles. The zero-order chi connectivity index (χ0) is 19.5. The molecule has 0 unspecified atom stereocenters. The van der Waals surface area contributed by atoms with Crippen LogP contribution < -0.4 is 4.90 Å². The molecule has 1 aromatic carbocycles. The topological polar surface area (TPSA) is 48.8 Å². The van der Waals surface area contributed by atoms with Gasteiger partial charge in [-0.25, -0.2) is 4.98 Å². The number of morpholine rings is 1. The Morgan fingerprint density at radius 1 is 1.18 bits per heavy atom.